The molecule has 23 heavy (non-hydrogen) atoms. The molecule has 1 N–H and O–H groups in total. The van der Waals surface area contributed by atoms with Gasteiger partial charge in [-0.05, 0) is 54.7 Å². The van der Waals surface area contributed by atoms with Crippen molar-refractivity contribution >= 4 is 12.1 Å². The van der Waals surface area contributed by atoms with Gasteiger partial charge in [0, 0.05) is 0 Å². The van der Waals surface area contributed by atoms with Gasteiger partial charge in [-0.3, -0.25) is 4.79 Å². The second-order valence-electron chi connectivity index (χ2n) is 5.42. The van der Waals surface area contributed by atoms with Crippen molar-refractivity contribution < 1.29 is 9.53 Å². The van der Waals surface area contributed by atoms with Crippen LogP contribution in [0.2, 0.25) is 0 Å². The minimum atomic E-state index is -0.287. The zero-order chi connectivity index (χ0) is 16.7. The number of ether oxygens (including phenoxy) is 1. The normalized spacial score (nSPS) is 10.7. The standard InChI is InChI=1S/C19H22N2O2/c1-4-16-6-8-17(9-7-16)12-20-21-19(22)13-23-18-10-5-14(2)15(3)11-18/h5-12H,4,13H2,1-3H3,(H,21,22). The number of hydrazone groups is 1. The van der Waals surface area contributed by atoms with E-state index in [1.807, 2.05) is 56.3 Å². The van der Waals surface area contributed by atoms with Crippen molar-refractivity contribution in [1.29, 1.82) is 0 Å². The van der Waals surface area contributed by atoms with E-state index in [9.17, 15) is 4.79 Å². The van der Waals surface area contributed by atoms with Crippen LogP contribution in [0.5, 0.6) is 5.75 Å². The third kappa shape index (κ3) is 5.25. The molecule has 4 heteroatoms. The molecule has 0 saturated carbocycles. The third-order valence-corrected chi connectivity index (χ3v) is 3.64. The molecule has 0 atom stereocenters. The monoisotopic (exact) mass is 310 g/mol. The second kappa shape index (κ2) is 8.13. The van der Waals surface area contributed by atoms with Crippen molar-refractivity contribution in [2.75, 3.05) is 6.61 Å². The quantitative estimate of drug-likeness (QED) is 0.657. The molecule has 120 valence electrons. The van der Waals surface area contributed by atoms with Crippen molar-refractivity contribution in [2.24, 2.45) is 5.10 Å². The largest absolute Gasteiger partial charge is 0.484 e. The maximum Gasteiger partial charge on any atom is 0.277 e. The highest BCUT2D eigenvalue weighted by Gasteiger charge is 2.02. The molecule has 0 radical (unpaired) electrons. The molecule has 0 aliphatic heterocycles. The van der Waals surface area contributed by atoms with Gasteiger partial charge in [0.1, 0.15) is 5.75 Å². The van der Waals surface area contributed by atoms with Gasteiger partial charge in [-0.1, -0.05) is 37.3 Å². The summed E-state index contributed by atoms with van der Waals surface area (Å²) >= 11 is 0. The minimum Gasteiger partial charge on any atom is -0.484 e. The van der Waals surface area contributed by atoms with Crippen molar-refractivity contribution in [3.05, 3.63) is 64.7 Å². The van der Waals surface area contributed by atoms with Gasteiger partial charge < -0.3 is 4.74 Å². The van der Waals surface area contributed by atoms with E-state index in [0.717, 1.165) is 17.5 Å². The zero-order valence-electron chi connectivity index (χ0n) is 13.8. The number of nitrogens with one attached hydrogen (secondary N) is 1. The highest BCUT2D eigenvalue weighted by molar-refractivity contribution is 5.82. The first-order valence-electron chi connectivity index (χ1n) is 7.69. The number of aryl methyl sites for hydroxylation is 3. The summed E-state index contributed by atoms with van der Waals surface area (Å²) in [5.74, 6) is 0.395. The van der Waals surface area contributed by atoms with Gasteiger partial charge in [0.05, 0.1) is 6.21 Å². The van der Waals surface area contributed by atoms with Crippen LogP contribution in [0.15, 0.2) is 47.6 Å². The first-order valence-corrected chi connectivity index (χ1v) is 7.69. The van der Waals surface area contributed by atoms with Gasteiger partial charge in [-0.25, -0.2) is 5.43 Å². The maximum absolute atomic E-state index is 11.7. The summed E-state index contributed by atoms with van der Waals surface area (Å²) in [5.41, 5.74) is 7.01. The van der Waals surface area contributed by atoms with Gasteiger partial charge >= 0.3 is 0 Å². The molecular formula is C19H22N2O2. The summed E-state index contributed by atoms with van der Waals surface area (Å²) in [4.78, 5) is 11.7. The Bertz CT molecular complexity index is 691. The molecule has 2 aromatic carbocycles. The molecule has 0 fully saturated rings. The van der Waals surface area contributed by atoms with Gasteiger partial charge in [0.2, 0.25) is 0 Å². The third-order valence-electron chi connectivity index (χ3n) is 3.64. The second-order valence-corrected chi connectivity index (χ2v) is 5.42. The van der Waals surface area contributed by atoms with E-state index in [2.05, 4.69) is 17.5 Å². The van der Waals surface area contributed by atoms with Crippen LogP contribution in [-0.2, 0) is 11.2 Å². The number of hydrogen-bond acceptors (Lipinski definition) is 3. The Hall–Kier alpha value is -2.62. The fourth-order valence-corrected chi connectivity index (χ4v) is 2.00. The molecule has 0 aliphatic rings. The molecule has 0 unspecified atom stereocenters. The summed E-state index contributed by atoms with van der Waals surface area (Å²) in [6.45, 7) is 6.09. The highest BCUT2D eigenvalue weighted by atomic mass is 16.5. The molecular weight excluding hydrogens is 288 g/mol. The number of nitrogens with zero attached hydrogens (tertiary/aromatic N) is 1. The first-order chi connectivity index (χ1) is 11.1. The predicted molar refractivity (Wildman–Crippen MR) is 93.0 cm³/mol. The number of hydrogen-bond donors (Lipinski definition) is 1. The average molecular weight is 310 g/mol. The minimum absolute atomic E-state index is 0.0609. The predicted octanol–water partition coefficient (Wildman–Crippen LogP) is 3.39. The molecule has 1 amide bonds. The lowest BCUT2D eigenvalue weighted by molar-refractivity contribution is -0.123. The van der Waals surface area contributed by atoms with Crippen LogP contribution in [0, 0.1) is 13.8 Å². The summed E-state index contributed by atoms with van der Waals surface area (Å²) in [5, 5.41) is 3.94. The smallest absolute Gasteiger partial charge is 0.277 e. The molecule has 4 nitrogen and oxygen atoms in total. The fraction of sp³-hybridized carbons (Fsp3) is 0.263. The Labute approximate surface area is 137 Å². The number of carbonyl (C=O) groups excluding carboxylic acids is 1. The molecule has 0 spiro atoms. The molecule has 0 heterocycles. The van der Waals surface area contributed by atoms with Gasteiger partial charge in [0.25, 0.3) is 5.91 Å². The van der Waals surface area contributed by atoms with E-state index in [0.29, 0.717) is 5.75 Å². The van der Waals surface area contributed by atoms with Crippen molar-refractivity contribution in [3.8, 4) is 5.75 Å². The summed E-state index contributed by atoms with van der Waals surface area (Å²) in [6.07, 6.45) is 2.62. The van der Waals surface area contributed by atoms with E-state index in [1.54, 1.807) is 6.21 Å². The van der Waals surface area contributed by atoms with Gasteiger partial charge in [0.15, 0.2) is 6.61 Å². The van der Waals surface area contributed by atoms with Crippen LogP contribution in [0.25, 0.3) is 0 Å². The van der Waals surface area contributed by atoms with Crippen LogP contribution < -0.4 is 10.2 Å². The lowest BCUT2D eigenvalue weighted by Gasteiger charge is -2.07. The number of carbonyl (C=O) groups is 1. The van der Waals surface area contributed by atoms with Crippen LogP contribution >= 0.6 is 0 Å². The number of benzene rings is 2. The fourth-order valence-electron chi connectivity index (χ4n) is 2.00. The van der Waals surface area contributed by atoms with Crippen molar-refractivity contribution in [1.82, 2.24) is 5.43 Å². The molecule has 0 bridgehead atoms. The SMILES string of the molecule is CCc1ccc(C=NNC(=O)COc2ccc(C)c(C)c2)cc1. The van der Waals surface area contributed by atoms with Crippen molar-refractivity contribution in [2.45, 2.75) is 27.2 Å². The Morgan fingerprint density at radius 1 is 1.13 bits per heavy atom. The molecule has 0 aromatic heterocycles. The number of amides is 1. The Morgan fingerprint density at radius 2 is 1.87 bits per heavy atom. The maximum atomic E-state index is 11.7. The van der Waals surface area contributed by atoms with E-state index in [4.69, 9.17) is 4.74 Å². The van der Waals surface area contributed by atoms with E-state index >= 15 is 0 Å². The summed E-state index contributed by atoms with van der Waals surface area (Å²) in [6, 6.07) is 13.8. The van der Waals surface area contributed by atoms with Gasteiger partial charge in [-0.2, -0.15) is 5.10 Å². The lowest BCUT2D eigenvalue weighted by Crippen LogP contribution is -2.24. The van der Waals surface area contributed by atoms with Gasteiger partial charge in [-0.15, -0.1) is 0 Å². The topological polar surface area (TPSA) is 50.7 Å². The van der Waals surface area contributed by atoms with E-state index < -0.39 is 0 Å². The van der Waals surface area contributed by atoms with Crippen LogP contribution in [0.1, 0.15) is 29.2 Å². The molecule has 2 rings (SSSR count). The lowest BCUT2D eigenvalue weighted by atomic mass is 10.1. The Morgan fingerprint density at radius 3 is 2.52 bits per heavy atom. The van der Waals surface area contributed by atoms with Crippen LogP contribution in [0.3, 0.4) is 0 Å². The highest BCUT2D eigenvalue weighted by Crippen LogP contribution is 2.16. The Kier molecular flexibility index (Phi) is 5.92. The summed E-state index contributed by atoms with van der Waals surface area (Å²) in [7, 11) is 0. The van der Waals surface area contributed by atoms with E-state index in [1.165, 1.54) is 11.1 Å². The van der Waals surface area contributed by atoms with E-state index in [-0.39, 0.29) is 12.5 Å². The summed E-state index contributed by atoms with van der Waals surface area (Å²) < 4.78 is 5.45. The zero-order valence-corrected chi connectivity index (χ0v) is 13.8. The Balaban J connectivity index is 1.79. The molecule has 0 aliphatic carbocycles. The first kappa shape index (κ1) is 16.7. The van der Waals surface area contributed by atoms with Crippen molar-refractivity contribution in [3.63, 3.8) is 0 Å². The average Bonchev–Trinajstić information content (AvgIpc) is 2.56. The molecule has 0 saturated heterocycles. The van der Waals surface area contributed by atoms with Crippen LogP contribution in [0.4, 0.5) is 0 Å². The molecule has 2 aromatic rings. The van der Waals surface area contributed by atoms with Crippen LogP contribution in [-0.4, -0.2) is 18.7 Å². The number of rotatable bonds is 6.